The standard InChI is InChI=1S/C15H20N2O/c1-17(9-10-6-12(16)7-10)15(18)14-8-11-4-2-3-5-13(11)14/h2-5,10,12,14H,6-9,16H2,1H3. The zero-order valence-electron chi connectivity index (χ0n) is 10.8. The first-order chi connectivity index (χ1) is 8.65. The first kappa shape index (κ1) is 11.7. The summed E-state index contributed by atoms with van der Waals surface area (Å²) in [6.45, 7) is 0.866. The minimum atomic E-state index is 0.0972. The van der Waals surface area contributed by atoms with Gasteiger partial charge < -0.3 is 10.6 Å². The van der Waals surface area contributed by atoms with Crippen LogP contribution in [0.5, 0.6) is 0 Å². The summed E-state index contributed by atoms with van der Waals surface area (Å²) >= 11 is 0. The van der Waals surface area contributed by atoms with E-state index in [1.54, 1.807) is 0 Å². The molecule has 1 saturated carbocycles. The third kappa shape index (κ3) is 1.93. The highest BCUT2D eigenvalue weighted by atomic mass is 16.2. The van der Waals surface area contributed by atoms with E-state index in [2.05, 4.69) is 12.1 Å². The zero-order chi connectivity index (χ0) is 12.7. The lowest BCUT2D eigenvalue weighted by molar-refractivity contribution is -0.133. The van der Waals surface area contributed by atoms with Gasteiger partial charge in [0.1, 0.15) is 0 Å². The first-order valence-electron chi connectivity index (χ1n) is 6.73. The predicted octanol–water partition coefficient (Wildman–Crippen LogP) is 1.52. The monoisotopic (exact) mass is 244 g/mol. The van der Waals surface area contributed by atoms with Gasteiger partial charge >= 0.3 is 0 Å². The highest BCUT2D eigenvalue weighted by Gasteiger charge is 2.35. The molecule has 96 valence electrons. The second-order valence-corrected chi connectivity index (χ2v) is 5.77. The molecular weight excluding hydrogens is 224 g/mol. The Hall–Kier alpha value is -1.35. The summed E-state index contributed by atoms with van der Waals surface area (Å²) in [4.78, 5) is 14.2. The molecule has 18 heavy (non-hydrogen) atoms. The number of hydrogen-bond donors (Lipinski definition) is 1. The molecule has 0 saturated heterocycles. The van der Waals surface area contributed by atoms with Crippen LogP contribution in [0.4, 0.5) is 0 Å². The van der Waals surface area contributed by atoms with Crippen LogP contribution in [0.1, 0.15) is 29.9 Å². The fraction of sp³-hybridized carbons (Fsp3) is 0.533. The average molecular weight is 244 g/mol. The van der Waals surface area contributed by atoms with E-state index in [1.807, 2.05) is 24.1 Å². The van der Waals surface area contributed by atoms with E-state index >= 15 is 0 Å². The summed E-state index contributed by atoms with van der Waals surface area (Å²) in [7, 11) is 1.92. The van der Waals surface area contributed by atoms with Crippen LogP contribution in [0.3, 0.4) is 0 Å². The molecule has 2 aliphatic rings. The van der Waals surface area contributed by atoms with Crippen molar-refractivity contribution in [2.24, 2.45) is 11.7 Å². The number of amides is 1. The van der Waals surface area contributed by atoms with Crippen molar-refractivity contribution >= 4 is 5.91 Å². The summed E-state index contributed by atoms with van der Waals surface area (Å²) in [5.41, 5.74) is 8.33. The highest BCUT2D eigenvalue weighted by molar-refractivity contribution is 5.86. The van der Waals surface area contributed by atoms with Gasteiger partial charge in [-0.05, 0) is 36.3 Å². The Morgan fingerprint density at radius 2 is 2.11 bits per heavy atom. The summed E-state index contributed by atoms with van der Waals surface area (Å²) in [5.74, 6) is 0.985. The third-order valence-electron chi connectivity index (χ3n) is 4.33. The SMILES string of the molecule is CN(CC1CC(N)C1)C(=O)C1Cc2ccccc21. The Bertz CT molecular complexity index is 465. The van der Waals surface area contributed by atoms with Gasteiger partial charge in [0.05, 0.1) is 5.92 Å². The van der Waals surface area contributed by atoms with Crippen LogP contribution in [-0.2, 0) is 11.2 Å². The maximum absolute atomic E-state index is 12.3. The number of rotatable bonds is 3. The smallest absolute Gasteiger partial charge is 0.230 e. The molecule has 0 radical (unpaired) electrons. The lowest BCUT2D eigenvalue weighted by atomic mass is 9.76. The van der Waals surface area contributed by atoms with Crippen molar-refractivity contribution < 1.29 is 4.79 Å². The molecule has 0 aromatic heterocycles. The van der Waals surface area contributed by atoms with Crippen LogP contribution in [0.2, 0.25) is 0 Å². The minimum Gasteiger partial charge on any atom is -0.345 e. The van der Waals surface area contributed by atoms with Gasteiger partial charge in [-0.3, -0.25) is 4.79 Å². The highest BCUT2D eigenvalue weighted by Crippen LogP contribution is 2.36. The molecule has 1 atom stereocenters. The van der Waals surface area contributed by atoms with E-state index in [9.17, 15) is 4.79 Å². The number of carbonyl (C=O) groups is 1. The average Bonchev–Trinajstić information content (AvgIpc) is 2.28. The molecule has 2 aliphatic carbocycles. The van der Waals surface area contributed by atoms with Crippen LogP contribution in [0.15, 0.2) is 24.3 Å². The van der Waals surface area contributed by atoms with Crippen molar-refractivity contribution in [3.63, 3.8) is 0 Å². The van der Waals surface area contributed by atoms with Crippen LogP contribution in [0.25, 0.3) is 0 Å². The lowest BCUT2D eigenvalue weighted by Crippen LogP contribution is -2.45. The number of benzene rings is 1. The van der Waals surface area contributed by atoms with E-state index in [0.717, 1.165) is 25.8 Å². The van der Waals surface area contributed by atoms with Gasteiger partial charge in [0, 0.05) is 19.6 Å². The minimum absolute atomic E-state index is 0.0972. The molecule has 3 nitrogen and oxygen atoms in total. The number of hydrogen-bond acceptors (Lipinski definition) is 2. The van der Waals surface area contributed by atoms with Gasteiger partial charge in [-0.15, -0.1) is 0 Å². The maximum atomic E-state index is 12.3. The second kappa shape index (κ2) is 4.39. The van der Waals surface area contributed by atoms with Crippen molar-refractivity contribution in [3.8, 4) is 0 Å². The van der Waals surface area contributed by atoms with Crippen LogP contribution < -0.4 is 5.73 Å². The molecule has 0 heterocycles. The fourth-order valence-corrected chi connectivity index (χ4v) is 3.16. The number of likely N-dealkylation sites (N-methyl/N-ethyl adjacent to an activating group) is 1. The Kier molecular flexibility index (Phi) is 2.86. The van der Waals surface area contributed by atoms with Crippen molar-refractivity contribution in [2.45, 2.75) is 31.2 Å². The van der Waals surface area contributed by atoms with Crippen LogP contribution >= 0.6 is 0 Å². The normalized spacial score (nSPS) is 28.9. The number of nitrogens with zero attached hydrogens (tertiary/aromatic N) is 1. The zero-order valence-corrected chi connectivity index (χ0v) is 10.8. The number of fused-ring (bicyclic) bond motifs is 1. The topological polar surface area (TPSA) is 46.3 Å². The summed E-state index contributed by atoms with van der Waals surface area (Å²) in [6.07, 6.45) is 3.04. The lowest BCUT2D eigenvalue weighted by Gasteiger charge is -2.38. The molecule has 1 unspecified atom stereocenters. The van der Waals surface area contributed by atoms with E-state index < -0.39 is 0 Å². The number of nitrogens with two attached hydrogens (primary N) is 1. The van der Waals surface area contributed by atoms with Gasteiger partial charge in [0.2, 0.25) is 5.91 Å². The molecule has 3 heteroatoms. The first-order valence-corrected chi connectivity index (χ1v) is 6.73. The second-order valence-electron chi connectivity index (χ2n) is 5.77. The summed E-state index contributed by atoms with van der Waals surface area (Å²) in [6, 6.07) is 8.61. The van der Waals surface area contributed by atoms with Crippen molar-refractivity contribution in [1.82, 2.24) is 4.90 Å². The Labute approximate surface area is 108 Å². The van der Waals surface area contributed by atoms with Gasteiger partial charge in [-0.1, -0.05) is 24.3 Å². The van der Waals surface area contributed by atoms with E-state index in [4.69, 9.17) is 5.73 Å². The summed E-state index contributed by atoms with van der Waals surface area (Å²) in [5, 5.41) is 0. The maximum Gasteiger partial charge on any atom is 0.230 e. The van der Waals surface area contributed by atoms with Crippen molar-refractivity contribution in [2.75, 3.05) is 13.6 Å². The molecule has 1 fully saturated rings. The van der Waals surface area contributed by atoms with E-state index in [1.165, 1.54) is 11.1 Å². The van der Waals surface area contributed by atoms with E-state index in [-0.39, 0.29) is 11.8 Å². The summed E-state index contributed by atoms with van der Waals surface area (Å²) < 4.78 is 0. The van der Waals surface area contributed by atoms with Gasteiger partial charge in [-0.25, -0.2) is 0 Å². The fourth-order valence-electron chi connectivity index (χ4n) is 3.16. The van der Waals surface area contributed by atoms with Gasteiger partial charge in [-0.2, -0.15) is 0 Å². The van der Waals surface area contributed by atoms with Crippen molar-refractivity contribution in [3.05, 3.63) is 35.4 Å². The van der Waals surface area contributed by atoms with E-state index in [0.29, 0.717) is 12.0 Å². The molecule has 1 aromatic carbocycles. The quantitative estimate of drug-likeness (QED) is 0.876. The molecule has 1 amide bonds. The Morgan fingerprint density at radius 1 is 1.39 bits per heavy atom. The van der Waals surface area contributed by atoms with Crippen LogP contribution in [0, 0.1) is 5.92 Å². The molecule has 3 rings (SSSR count). The third-order valence-corrected chi connectivity index (χ3v) is 4.33. The Balaban J connectivity index is 1.59. The molecule has 0 aliphatic heterocycles. The van der Waals surface area contributed by atoms with Crippen LogP contribution in [-0.4, -0.2) is 30.4 Å². The molecule has 1 aromatic rings. The predicted molar refractivity (Wildman–Crippen MR) is 71.2 cm³/mol. The van der Waals surface area contributed by atoms with Gasteiger partial charge in [0.25, 0.3) is 0 Å². The molecule has 0 bridgehead atoms. The molecule has 0 spiro atoms. The number of carbonyl (C=O) groups excluding carboxylic acids is 1. The van der Waals surface area contributed by atoms with Crippen molar-refractivity contribution in [1.29, 1.82) is 0 Å². The molecular formula is C15H20N2O. The van der Waals surface area contributed by atoms with Gasteiger partial charge in [0.15, 0.2) is 0 Å². The Morgan fingerprint density at radius 3 is 2.78 bits per heavy atom. The molecule has 2 N–H and O–H groups in total. The largest absolute Gasteiger partial charge is 0.345 e.